The Labute approximate surface area is 167 Å². The van der Waals surface area contributed by atoms with Crippen LogP contribution in [0, 0.1) is 5.82 Å². The Balaban J connectivity index is 1.62. The molecular weight excluding hydrogens is 409 g/mol. The molecule has 0 bridgehead atoms. The summed E-state index contributed by atoms with van der Waals surface area (Å²) in [5.41, 5.74) is 1.11. The average Bonchev–Trinajstić information content (AvgIpc) is 2.91. The zero-order valence-corrected chi connectivity index (χ0v) is 16.6. The third-order valence-corrected chi connectivity index (χ3v) is 6.50. The maximum absolute atomic E-state index is 13.0. The molecule has 2 aromatic carbocycles. The number of carbonyl (C=O) groups excluding carboxylic acids is 1. The van der Waals surface area contributed by atoms with Gasteiger partial charge in [-0.15, -0.1) is 0 Å². The van der Waals surface area contributed by atoms with Crippen LogP contribution in [0.1, 0.15) is 5.56 Å². The van der Waals surface area contributed by atoms with Crippen LogP contribution < -0.4 is 10.1 Å². The van der Waals surface area contributed by atoms with Gasteiger partial charge in [-0.05, 0) is 35.9 Å². The summed E-state index contributed by atoms with van der Waals surface area (Å²) in [6.07, 6.45) is 0. The molecule has 0 saturated carbocycles. The lowest BCUT2D eigenvalue weighted by Gasteiger charge is -2.18. The molecule has 1 fully saturated rings. The summed E-state index contributed by atoms with van der Waals surface area (Å²) in [5.74, 6) is -0.392. The molecule has 28 heavy (non-hydrogen) atoms. The van der Waals surface area contributed by atoms with Crippen LogP contribution >= 0.6 is 11.6 Å². The van der Waals surface area contributed by atoms with Gasteiger partial charge in [-0.1, -0.05) is 23.7 Å². The van der Waals surface area contributed by atoms with Crippen molar-refractivity contribution in [2.45, 2.75) is 6.54 Å². The molecule has 0 unspecified atom stereocenters. The Morgan fingerprint density at radius 3 is 2.50 bits per heavy atom. The molecule has 0 aliphatic carbocycles. The maximum atomic E-state index is 13.0. The van der Waals surface area contributed by atoms with Crippen molar-refractivity contribution in [3.8, 4) is 5.75 Å². The first-order valence-corrected chi connectivity index (χ1v) is 10.2. The number of benzene rings is 2. The number of nitrogens with one attached hydrogen (secondary N) is 1. The predicted octanol–water partition coefficient (Wildman–Crippen LogP) is 2.49. The summed E-state index contributed by atoms with van der Waals surface area (Å²) in [7, 11) is -2.29. The lowest BCUT2D eigenvalue weighted by Crippen LogP contribution is -2.37. The fourth-order valence-corrected chi connectivity index (χ4v) is 4.64. The van der Waals surface area contributed by atoms with Crippen LogP contribution in [0.3, 0.4) is 0 Å². The number of methoxy groups -OCH3 is 1. The van der Waals surface area contributed by atoms with Crippen molar-refractivity contribution in [3.63, 3.8) is 0 Å². The van der Waals surface area contributed by atoms with Gasteiger partial charge in [0, 0.05) is 25.3 Å². The summed E-state index contributed by atoms with van der Waals surface area (Å²) in [6, 6.07) is 10.4. The Kier molecular flexibility index (Phi) is 6.19. The predicted molar refractivity (Wildman–Crippen MR) is 104 cm³/mol. The molecule has 7 nitrogen and oxygen atoms in total. The zero-order valence-electron chi connectivity index (χ0n) is 15.1. The third kappa shape index (κ3) is 4.61. The summed E-state index contributed by atoms with van der Waals surface area (Å²) >= 11 is 6.02. The normalized spacial score (nSPS) is 16.8. The van der Waals surface area contributed by atoms with Crippen molar-refractivity contribution >= 4 is 33.4 Å². The molecular formula is C18H19ClFN3O4S. The fourth-order valence-electron chi connectivity index (χ4n) is 2.84. The topological polar surface area (TPSA) is 79.0 Å². The number of carbonyl (C=O) groups is 1. The second-order valence-electron chi connectivity index (χ2n) is 6.20. The van der Waals surface area contributed by atoms with Gasteiger partial charge in [0.2, 0.25) is 5.91 Å². The smallest absolute Gasteiger partial charge is 0.282 e. The van der Waals surface area contributed by atoms with Gasteiger partial charge in [0.05, 0.1) is 18.7 Å². The molecule has 3 rings (SSSR count). The van der Waals surface area contributed by atoms with Crippen LogP contribution in [0.4, 0.5) is 10.1 Å². The van der Waals surface area contributed by atoms with E-state index in [-0.39, 0.29) is 32.0 Å². The number of anilines is 1. The molecule has 10 heteroatoms. The Morgan fingerprint density at radius 1 is 1.18 bits per heavy atom. The van der Waals surface area contributed by atoms with E-state index in [2.05, 4.69) is 5.32 Å². The highest BCUT2D eigenvalue weighted by molar-refractivity contribution is 7.87. The van der Waals surface area contributed by atoms with E-state index in [0.717, 1.165) is 4.31 Å². The lowest BCUT2D eigenvalue weighted by atomic mass is 10.2. The van der Waals surface area contributed by atoms with E-state index in [1.807, 2.05) is 0 Å². The number of hydrogen-bond donors (Lipinski definition) is 1. The molecule has 1 saturated heterocycles. The van der Waals surface area contributed by atoms with E-state index in [9.17, 15) is 17.6 Å². The van der Waals surface area contributed by atoms with Gasteiger partial charge in [0.25, 0.3) is 10.2 Å². The van der Waals surface area contributed by atoms with Crippen molar-refractivity contribution in [2.75, 3.05) is 32.1 Å². The van der Waals surface area contributed by atoms with E-state index in [4.69, 9.17) is 16.3 Å². The first-order chi connectivity index (χ1) is 13.3. The minimum atomic E-state index is -3.78. The molecule has 1 heterocycles. The number of ether oxygens (including phenoxy) is 1. The number of halogens is 2. The fraction of sp³-hybridized carbons (Fsp3) is 0.278. The highest BCUT2D eigenvalue weighted by atomic mass is 35.5. The molecule has 1 aliphatic rings. The highest BCUT2D eigenvalue weighted by Gasteiger charge is 2.37. The van der Waals surface area contributed by atoms with Gasteiger partial charge in [-0.3, -0.25) is 4.79 Å². The molecule has 2 aromatic rings. The number of amides is 1. The SMILES string of the molecule is COc1ccc(NC(=O)CN2CCN(Cc3ccc(F)cc3)S2(=O)=O)cc1Cl. The van der Waals surface area contributed by atoms with Crippen molar-refractivity contribution in [1.82, 2.24) is 8.61 Å². The van der Waals surface area contributed by atoms with Gasteiger partial charge >= 0.3 is 0 Å². The van der Waals surface area contributed by atoms with Crippen molar-refractivity contribution in [1.29, 1.82) is 0 Å². The van der Waals surface area contributed by atoms with Crippen LogP contribution in [0.5, 0.6) is 5.75 Å². The Morgan fingerprint density at radius 2 is 1.86 bits per heavy atom. The first-order valence-electron chi connectivity index (χ1n) is 8.42. The summed E-state index contributed by atoms with van der Waals surface area (Å²) in [4.78, 5) is 12.3. The van der Waals surface area contributed by atoms with Gasteiger partial charge in [0.15, 0.2) is 0 Å². The molecule has 1 amide bonds. The number of hydrogen-bond acceptors (Lipinski definition) is 4. The minimum Gasteiger partial charge on any atom is -0.495 e. The van der Waals surface area contributed by atoms with Crippen molar-refractivity contribution in [2.24, 2.45) is 0 Å². The molecule has 1 N–H and O–H groups in total. The van der Waals surface area contributed by atoms with E-state index >= 15 is 0 Å². The Hall–Kier alpha value is -2.20. The second-order valence-corrected chi connectivity index (χ2v) is 8.53. The van der Waals surface area contributed by atoms with E-state index in [1.165, 1.54) is 41.7 Å². The number of rotatable bonds is 6. The van der Waals surface area contributed by atoms with E-state index < -0.39 is 16.1 Å². The van der Waals surface area contributed by atoms with Crippen LogP contribution in [0.25, 0.3) is 0 Å². The molecule has 0 spiro atoms. The van der Waals surface area contributed by atoms with Crippen LogP contribution in [-0.4, -0.2) is 49.7 Å². The summed E-state index contributed by atoms with van der Waals surface area (Å²) in [5, 5.41) is 2.96. The molecule has 0 aromatic heterocycles. The van der Waals surface area contributed by atoms with Gasteiger partial charge < -0.3 is 10.1 Å². The minimum absolute atomic E-state index is 0.120. The Bertz CT molecular complexity index is 969. The quantitative estimate of drug-likeness (QED) is 0.768. The van der Waals surface area contributed by atoms with Gasteiger partial charge in [-0.2, -0.15) is 17.0 Å². The van der Waals surface area contributed by atoms with E-state index in [1.54, 1.807) is 12.1 Å². The largest absolute Gasteiger partial charge is 0.495 e. The van der Waals surface area contributed by atoms with Gasteiger partial charge in [-0.25, -0.2) is 4.39 Å². The average molecular weight is 428 g/mol. The van der Waals surface area contributed by atoms with Crippen LogP contribution in [0.2, 0.25) is 5.02 Å². The number of nitrogens with zero attached hydrogens (tertiary/aromatic N) is 2. The van der Waals surface area contributed by atoms with Crippen LogP contribution in [-0.2, 0) is 21.5 Å². The monoisotopic (exact) mass is 427 g/mol. The molecule has 0 radical (unpaired) electrons. The first kappa shape index (κ1) is 20.5. The lowest BCUT2D eigenvalue weighted by molar-refractivity contribution is -0.116. The molecule has 150 valence electrons. The summed E-state index contributed by atoms with van der Waals surface area (Å²) in [6.45, 7) is 0.252. The van der Waals surface area contributed by atoms with Gasteiger partial charge in [0.1, 0.15) is 11.6 Å². The molecule has 0 atom stereocenters. The van der Waals surface area contributed by atoms with Crippen molar-refractivity contribution < 1.29 is 22.3 Å². The summed E-state index contributed by atoms with van der Waals surface area (Å²) < 4.78 is 45.7. The van der Waals surface area contributed by atoms with Crippen molar-refractivity contribution in [3.05, 3.63) is 58.9 Å². The molecule has 1 aliphatic heterocycles. The standard InChI is InChI=1S/C18H19ClFN3O4S/c1-27-17-7-6-15(10-16(17)19)21-18(24)12-23-9-8-22(28(23,25)26)11-13-2-4-14(20)5-3-13/h2-7,10H,8-9,11-12H2,1H3,(H,21,24). The van der Waals surface area contributed by atoms with Crippen LogP contribution in [0.15, 0.2) is 42.5 Å². The highest BCUT2D eigenvalue weighted by Crippen LogP contribution is 2.27. The zero-order chi connectivity index (χ0) is 20.3. The van der Waals surface area contributed by atoms with E-state index in [0.29, 0.717) is 22.0 Å². The second kappa shape index (κ2) is 8.44. The third-order valence-electron chi connectivity index (χ3n) is 4.28. The maximum Gasteiger partial charge on any atom is 0.282 e.